The van der Waals surface area contributed by atoms with E-state index in [1.165, 1.54) is 19.2 Å². The fourth-order valence-corrected chi connectivity index (χ4v) is 2.73. The van der Waals surface area contributed by atoms with Gasteiger partial charge >= 0.3 is 0 Å². The number of nitrogens with one attached hydrogen (secondary N) is 1. The first-order chi connectivity index (χ1) is 12.0. The van der Waals surface area contributed by atoms with E-state index in [2.05, 4.69) is 10.4 Å². The Hall–Kier alpha value is -2.83. The molecular formula is C18H21N3O4. The average Bonchev–Trinajstić information content (AvgIpc) is 2.61. The lowest BCUT2D eigenvalue weighted by Gasteiger charge is -2.25. The average molecular weight is 343 g/mol. The number of nitrogens with zero attached hydrogens (tertiary/aromatic N) is 2. The van der Waals surface area contributed by atoms with Crippen LogP contribution in [0.15, 0.2) is 35.1 Å². The minimum Gasteiger partial charge on any atom is -0.486 e. The number of ether oxygens (including phenoxy) is 2. The molecule has 2 heterocycles. The van der Waals surface area contributed by atoms with E-state index in [1.54, 1.807) is 0 Å². The van der Waals surface area contributed by atoms with Gasteiger partial charge in [-0.15, -0.1) is 0 Å². The molecule has 25 heavy (non-hydrogen) atoms. The zero-order valence-corrected chi connectivity index (χ0v) is 14.5. The molecule has 1 aromatic carbocycles. The monoisotopic (exact) mass is 343 g/mol. The van der Waals surface area contributed by atoms with E-state index in [-0.39, 0.29) is 29.1 Å². The van der Waals surface area contributed by atoms with Crippen LogP contribution in [0.4, 0.5) is 0 Å². The predicted octanol–water partition coefficient (Wildman–Crippen LogP) is 1.68. The molecule has 1 aliphatic rings. The quantitative estimate of drug-likeness (QED) is 0.913. The maximum atomic E-state index is 12.5. The van der Waals surface area contributed by atoms with Crippen LogP contribution >= 0.6 is 0 Å². The number of carbonyl (C=O) groups excluding carboxylic acids is 1. The third-order valence-corrected chi connectivity index (χ3v) is 4.07. The molecule has 2 aromatic rings. The van der Waals surface area contributed by atoms with Gasteiger partial charge < -0.3 is 14.8 Å². The summed E-state index contributed by atoms with van der Waals surface area (Å²) >= 11 is 0. The van der Waals surface area contributed by atoms with Gasteiger partial charge in [-0.2, -0.15) is 5.10 Å². The highest BCUT2D eigenvalue weighted by molar-refractivity contribution is 5.92. The Labute approximate surface area is 145 Å². The lowest BCUT2D eigenvalue weighted by molar-refractivity contribution is 0.0918. The number of carbonyl (C=O) groups is 1. The van der Waals surface area contributed by atoms with E-state index in [1.807, 2.05) is 32.0 Å². The molecule has 0 radical (unpaired) electrons. The van der Waals surface area contributed by atoms with Crippen LogP contribution in [0, 0.1) is 5.92 Å². The lowest BCUT2D eigenvalue weighted by Crippen LogP contribution is -2.34. The Morgan fingerprint density at radius 3 is 2.56 bits per heavy atom. The van der Waals surface area contributed by atoms with Gasteiger partial charge in [-0.3, -0.25) is 9.59 Å². The zero-order chi connectivity index (χ0) is 18.0. The summed E-state index contributed by atoms with van der Waals surface area (Å²) in [6, 6.07) is 8.22. The van der Waals surface area contributed by atoms with E-state index in [9.17, 15) is 9.59 Å². The molecule has 7 nitrogen and oxygen atoms in total. The van der Waals surface area contributed by atoms with Gasteiger partial charge in [0.25, 0.3) is 11.5 Å². The number of hydrogen-bond donors (Lipinski definition) is 1. The van der Waals surface area contributed by atoms with Crippen molar-refractivity contribution in [1.29, 1.82) is 0 Å². The van der Waals surface area contributed by atoms with Gasteiger partial charge in [0.2, 0.25) is 0 Å². The van der Waals surface area contributed by atoms with Crippen LogP contribution < -0.4 is 20.3 Å². The summed E-state index contributed by atoms with van der Waals surface area (Å²) in [6.45, 7) is 5.10. The van der Waals surface area contributed by atoms with Gasteiger partial charge in [-0.1, -0.05) is 19.9 Å². The third-order valence-electron chi connectivity index (χ3n) is 4.07. The van der Waals surface area contributed by atoms with E-state index in [0.29, 0.717) is 24.7 Å². The molecule has 0 saturated heterocycles. The fraction of sp³-hybridized carbons (Fsp3) is 0.389. The largest absolute Gasteiger partial charge is 0.486 e. The summed E-state index contributed by atoms with van der Waals surface area (Å²) in [7, 11) is 1.51. The van der Waals surface area contributed by atoms with E-state index in [0.717, 1.165) is 10.2 Å². The van der Waals surface area contributed by atoms with Crippen molar-refractivity contribution >= 4 is 5.91 Å². The number of aryl methyl sites for hydroxylation is 1. The van der Waals surface area contributed by atoms with Crippen LogP contribution in [0.2, 0.25) is 0 Å². The molecule has 1 unspecified atom stereocenters. The van der Waals surface area contributed by atoms with Crippen LogP contribution in [0.3, 0.4) is 0 Å². The normalized spacial score (nSPS) is 14.2. The van der Waals surface area contributed by atoms with Gasteiger partial charge in [0.05, 0.1) is 6.04 Å². The Morgan fingerprint density at radius 2 is 1.88 bits per heavy atom. The van der Waals surface area contributed by atoms with Gasteiger partial charge in [-0.05, 0) is 29.7 Å². The van der Waals surface area contributed by atoms with Gasteiger partial charge in [-0.25, -0.2) is 4.68 Å². The van der Waals surface area contributed by atoms with Crippen LogP contribution in [0.25, 0.3) is 0 Å². The van der Waals surface area contributed by atoms with Crippen molar-refractivity contribution in [2.75, 3.05) is 13.2 Å². The van der Waals surface area contributed by atoms with Crippen molar-refractivity contribution in [3.63, 3.8) is 0 Å². The van der Waals surface area contributed by atoms with Crippen molar-refractivity contribution in [1.82, 2.24) is 15.1 Å². The Balaban J connectivity index is 1.85. The summed E-state index contributed by atoms with van der Waals surface area (Å²) in [5.74, 6) is 1.22. The SMILES string of the molecule is CC(C)C(NC(=O)c1ccc(=O)n(C)n1)c1ccc2c(c1)OCCO2. The molecule has 132 valence electrons. The summed E-state index contributed by atoms with van der Waals surface area (Å²) in [6.07, 6.45) is 0. The number of fused-ring (bicyclic) bond motifs is 1. The van der Waals surface area contributed by atoms with E-state index in [4.69, 9.17) is 9.47 Å². The topological polar surface area (TPSA) is 82.5 Å². The molecule has 0 spiro atoms. The number of aromatic nitrogens is 2. The first-order valence-electron chi connectivity index (χ1n) is 8.20. The molecule has 0 fully saturated rings. The molecule has 0 aliphatic carbocycles. The van der Waals surface area contributed by atoms with Crippen LogP contribution in [-0.4, -0.2) is 28.9 Å². The first kappa shape index (κ1) is 17.0. The Morgan fingerprint density at radius 1 is 1.16 bits per heavy atom. The maximum Gasteiger partial charge on any atom is 0.272 e. The number of amides is 1. The zero-order valence-electron chi connectivity index (χ0n) is 14.5. The van der Waals surface area contributed by atoms with Gasteiger partial charge in [0, 0.05) is 13.1 Å². The smallest absolute Gasteiger partial charge is 0.272 e. The van der Waals surface area contributed by atoms with Crippen molar-refractivity contribution in [3.05, 3.63) is 51.9 Å². The molecule has 7 heteroatoms. The Bertz CT molecular complexity index is 844. The second-order valence-corrected chi connectivity index (χ2v) is 6.28. The van der Waals surface area contributed by atoms with Crippen molar-refractivity contribution < 1.29 is 14.3 Å². The molecule has 3 rings (SSSR count). The van der Waals surface area contributed by atoms with Crippen molar-refractivity contribution in [3.8, 4) is 11.5 Å². The highest BCUT2D eigenvalue weighted by Gasteiger charge is 2.22. The number of benzene rings is 1. The van der Waals surface area contributed by atoms with Crippen LogP contribution in [0.1, 0.15) is 35.9 Å². The molecule has 0 saturated carbocycles. The molecule has 1 aliphatic heterocycles. The summed E-state index contributed by atoms with van der Waals surface area (Å²) in [4.78, 5) is 24.0. The Kier molecular flexibility index (Phi) is 4.74. The number of hydrogen-bond acceptors (Lipinski definition) is 5. The molecule has 1 atom stereocenters. The summed E-state index contributed by atoms with van der Waals surface area (Å²) < 4.78 is 12.3. The minimum absolute atomic E-state index is 0.152. The summed E-state index contributed by atoms with van der Waals surface area (Å²) in [5, 5.41) is 6.99. The van der Waals surface area contributed by atoms with Crippen LogP contribution in [0.5, 0.6) is 11.5 Å². The third kappa shape index (κ3) is 3.65. The molecule has 1 amide bonds. The molecular weight excluding hydrogens is 322 g/mol. The summed E-state index contributed by atoms with van der Waals surface area (Å²) in [5.41, 5.74) is 0.867. The standard InChI is InChI=1S/C18H21N3O4/c1-11(2)17(12-4-6-14-15(10-12)25-9-8-24-14)19-18(23)13-5-7-16(22)21(3)20-13/h4-7,10-11,17H,8-9H2,1-3H3,(H,19,23). The molecule has 1 N–H and O–H groups in total. The highest BCUT2D eigenvalue weighted by atomic mass is 16.6. The molecule has 0 bridgehead atoms. The minimum atomic E-state index is -0.329. The maximum absolute atomic E-state index is 12.5. The predicted molar refractivity (Wildman–Crippen MR) is 92.0 cm³/mol. The number of rotatable bonds is 4. The highest BCUT2D eigenvalue weighted by Crippen LogP contribution is 2.34. The van der Waals surface area contributed by atoms with Crippen molar-refractivity contribution in [2.45, 2.75) is 19.9 Å². The second kappa shape index (κ2) is 6.96. The molecule has 1 aromatic heterocycles. The first-order valence-corrected chi connectivity index (χ1v) is 8.20. The fourth-order valence-electron chi connectivity index (χ4n) is 2.73. The van der Waals surface area contributed by atoms with Gasteiger partial charge in [0.15, 0.2) is 11.5 Å². The van der Waals surface area contributed by atoms with Crippen LogP contribution in [-0.2, 0) is 7.05 Å². The van der Waals surface area contributed by atoms with E-state index < -0.39 is 0 Å². The van der Waals surface area contributed by atoms with Crippen molar-refractivity contribution in [2.24, 2.45) is 13.0 Å². The van der Waals surface area contributed by atoms with Gasteiger partial charge in [0.1, 0.15) is 18.9 Å². The lowest BCUT2D eigenvalue weighted by atomic mass is 9.95. The van der Waals surface area contributed by atoms with E-state index >= 15 is 0 Å². The second-order valence-electron chi connectivity index (χ2n) is 6.28.